The second kappa shape index (κ2) is 7.66. The number of nitrogens with zero attached hydrogens (tertiary/aromatic N) is 2. The van der Waals surface area contributed by atoms with Gasteiger partial charge in [-0.05, 0) is 69.5 Å². The Balaban J connectivity index is 2.75. The summed E-state index contributed by atoms with van der Waals surface area (Å²) in [6.45, 7) is 8.86. The number of benzene rings is 1. The van der Waals surface area contributed by atoms with Gasteiger partial charge in [0.05, 0.1) is 0 Å². The summed E-state index contributed by atoms with van der Waals surface area (Å²) in [5.41, 5.74) is -0.220. The number of pyridine rings is 1. The summed E-state index contributed by atoms with van der Waals surface area (Å²) in [7, 11) is 0. The molecule has 0 radical (unpaired) electrons. The first-order chi connectivity index (χ1) is 12.4. The van der Waals surface area contributed by atoms with Crippen LogP contribution in [-0.4, -0.2) is 31.7 Å². The highest BCUT2D eigenvalue weighted by atomic mass is 35.5. The number of aliphatic hydroxyl groups is 1. The zero-order valence-electron chi connectivity index (χ0n) is 16.0. The quantitative estimate of drug-likeness (QED) is 0.659. The van der Waals surface area contributed by atoms with Gasteiger partial charge >= 0.3 is 6.09 Å². The van der Waals surface area contributed by atoms with E-state index in [1.807, 2.05) is 6.92 Å². The van der Waals surface area contributed by atoms with Crippen molar-refractivity contribution in [2.45, 2.75) is 51.8 Å². The van der Waals surface area contributed by atoms with Gasteiger partial charge in [-0.2, -0.15) is 0 Å². The maximum atomic E-state index is 12.3. The van der Waals surface area contributed by atoms with Gasteiger partial charge in [-0.1, -0.05) is 35.3 Å². The third-order valence-corrected chi connectivity index (χ3v) is 5.16. The van der Waals surface area contributed by atoms with E-state index in [0.717, 1.165) is 5.56 Å². The molecule has 0 saturated carbocycles. The van der Waals surface area contributed by atoms with E-state index in [1.54, 1.807) is 58.0 Å². The molecule has 2 unspecified atom stereocenters. The van der Waals surface area contributed by atoms with E-state index in [1.165, 1.54) is 11.1 Å². The molecule has 1 aromatic heterocycles. The van der Waals surface area contributed by atoms with Gasteiger partial charge in [0.15, 0.2) is 0 Å². The molecule has 0 aliphatic heterocycles. The Morgan fingerprint density at radius 2 is 1.78 bits per heavy atom. The van der Waals surface area contributed by atoms with Crippen molar-refractivity contribution in [2.75, 3.05) is 0 Å². The fraction of sp³-hybridized carbons (Fsp3) is 0.400. The molecule has 0 bridgehead atoms. The summed E-state index contributed by atoms with van der Waals surface area (Å²) < 4.78 is 0. The molecule has 0 aliphatic rings. The van der Waals surface area contributed by atoms with E-state index in [4.69, 9.17) is 23.2 Å². The summed E-state index contributed by atoms with van der Waals surface area (Å²) in [6, 6.07) is 8.40. The molecule has 27 heavy (non-hydrogen) atoms. The van der Waals surface area contributed by atoms with Crippen molar-refractivity contribution < 1.29 is 15.0 Å². The molecule has 5 nitrogen and oxygen atoms in total. The molecule has 2 aromatic rings. The second-order valence-corrected chi connectivity index (χ2v) is 8.53. The molecule has 2 rings (SSSR count). The number of rotatable bonds is 4. The Morgan fingerprint density at radius 3 is 2.22 bits per heavy atom. The monoisotopic (exact) mass is 410 g/mol. The van der Waals surface area contributed by atoms with Crippen LogP contribution >= 0.6 is 23.2 Å². The molecule has 0 saturated heterocycles. The van der Waals surface area contributed by atoms with E-state index in [2.05, 4.69) is 4.98 Å². The van der Waals surface area contributed by atoms with Crippen LogP contribution in [-0.2, 0) is 5.54 Å². The second-order valence-electron chi connectivity index (χ2n) is 7.71. The van der Waals surface area contributed by atoms with Crippen molar-refractivity contribution in [3.63, 3.8) is 0 Å². The Hall–Kier alpha value is -1.82. The van der Waals surface area contributed by atoms with E-state index >= 15 is 0 Å². The molecule has 0 spiro atoms. The van der Waals surface area contributed by atoms with Crippen LogP contribution in [0.15, 0.2) is 36.5 Å². The average Bonchev–Trinajstić information content (AvgIpc) is 2.53. The van der Waals surface area contributed by atoms with Gasteiger partial charge in [0.1, 0.15) is 16.8 Å². The lowest BCUT2D eigenvalue weighted by atomic mass is 9.78. The third kappa shape index (κ3) is 4.21. The van der Waals surface area contributed by atoms with Crippen molar-refractivity contribution >= 4 is 29.3 Å². The molecule has 0 fully saturated rings. The fourth-order valence-electron chi connectivity index (χ4n) is 3.52. The number of carboxylic acid groups (broad SMARTS) is 1. The van der Waals surface area contributed by atoms with Crippen molar-refractivity contribution in [1.29, 1.82) is 0 Å². The van der Waals surface area contributed by atoms with Gasteiger partial charge in [0, 0.05) is 16.8 Å². The number of amides is 1. The lowest BCUT2D eigenvalue weighted by Crippen LogP contribution is -2.58. The van der Waals surface area contributed by atoms with E-state index in [9.17, 15) is 15.0 Å². The normalized spacial score (nSPS) is 15.1. The maximum absolute atomic E-state index is 12.3. The van der Waals surface area contributed by atoms with Crippen LogP contribution in [0.2, 0.25) is 10.2 Å². The smallest absolute Gasteiger partial charge is 0.408 e. The third-order valence-electron chi connectivity index (χ3n) is 4.70. The summed E-state index contributed by atoms with van der Waals surface area (Å²) in [5.74, 6) is 0. The standard InChI is InChI=1S/C20H24Cl2N2O3/c1-12-10-14(21)7-8-15(12)17(25)20(5,13-6-9-16(22)23-11-13)24(18(26)27)19(2,3)4/h6-11,17,25H,1-5H3,(H,26,27). The SMILES string of the molecule is Cc1cc(Cl)ccc1C(O)C(C)(c1ccc(Cl)nc1)N(C(=O)O)C(C)(C)C. The minimum atomic E-state index is -1.32. The molecule has 2 N–H and O–H groups in total. The van der Waals surface area contributed by atoms with Gasteiger partial charge in [0.2, 0.25) is 0 Å². The maximum Gasteiger partial charge on any atom is 0.408 e. The zero-order valence-corrected chi connectivity index (χ0v) is 17.5. The number of aliphatic hydroxyl groups excluding tert-OH is 1. The van der Waals surface area contributed by atoms with Crippen LogP contribution in [0, 0.1) is 6.92 Å². The lowest BCUT2D eigenvalue weighted by molar-refractivity contribution is -0.0568. The van der Waals surface area contributed by atoms with Crippen LogP contribution in [0.25, 0.3) is 0 Å². The predicted octanol–water partition coefficient (Wildman–Crippen LogP) is 5.42. The van der Waals surface area contributed by atoms with Crippen molar-refractivity contribution in [2.24, 2.45) is 0 Å². The Bertz CT molecular complexity index is 834. The molecule has 2 atom stereocenters. The molecule has 1 heterocycles. The summed E-state index contributed by atoms with van der Waals surface area (Å²) in [4.78, 5) is 17.6. The van der Waals surface area contributed by atoms with Crippen LogP contribution in [0.1, 0.15) is 50.5 Å². The van der Waals surface area contributed by atoms with Crippen LogP contribution < -0.4 is 0 Å². The van der Waals surface area contributed by atoms with Crippen LogP contribution in [0.5, 0.6) is 0 Å². The largest absolute Gasteiger partial charge is 0.465 e. The van der Waals surface area contributed by atoms with Gasteiger partial charge in [-0.3, -0.25) is 4.90 Å². The minimum absolute atomic E-state index is 0.288. The summed E-state index contributed by atoms with van der Waals surface area (Å²) >= 11 is 12.0. The number of hydrogen-bond donors (Lipinski definition) is 2. The first-order valence-electron chi connectivity index (χ1n) is 8.48. The molecular formula is C20H24Cl2N2O3. The number of hydrogen-bond acceptors (Lipinski definition) is 3. The Kier molecular flexibility index (Phi) is 6.10. The van der Waals surface area contributed by atoms with Gasteiger partial charge in [-0.25, -0.2) is 9.78 Å². The fourth-order valence-corrected chi connectivity index (χ4v) is 3.85. The number of carbonyl (C=O) groups is 1. The Labute approximate surface area is 169 Å². The number of aromatic nitrogens is 1. The number of halogens is 2. The van der Waals surface area contributed by atoms with Crippen molar-refractivity contribution in [3.05, 3.63) is 63.4 Å². The van der Waals surface area contributed by atoms with Gasteiger partial charge in [-0.15, -0.1) is 0 Å². The predicted molar refractivity (Wildman–Crippen MR) is 107 cm³/mol. The molecule has 7 heteroatoms. The zero-order chi connectivity index (χ0) is 20.6. The summed E-state index contributed by atoms with van der Waals surface area (Å²) in [6.07, 6.45) is -0.808. The average molecular weight is 411 g/mol. The Morgan fingerprint density at radius 1 is 1.15 bits per heavy atom. The first-order valence-corrected chi connectivity index (χ1v) is 9.24. The summed E-state index contributed by atoms with van der Waals surface area (Å²) in [5, 5.41) is 22.3. The highest BCUT2D eigenvalue weighted by molar-refractivity contribution is 6.30. The van der Waals surface area contributed by atoms with Crippen LogP contribution in [0.4, 0.5) is 4.79 Å². The van der Waals surface area contributed by atoms with Gasteiger partial charge < -0.3 is 10.2 Å². The lowest BCUT2D eigenvalue weighted by Gasteiger charge is -2.49. The highest BCUT2D eigenvalue weighted by Gasteiger charge is 2.49. The van der Waals surface area contributed by atoms with Crippen LogP contribution in [0.3, 0.4) is 0 Å². The molecule has 1 aromatic carbocycles. The van der Waals surface area contributed by atoms with E-state index in [-0.39, 0.29) is 5.15 Å². The highest BCUT2D eigenvalue weighted by Crippen LogP contribution is 2.44. The van der Waals surface area contributed by atoms with E-state index in [0.29, 0.717) is 16.1 Å². The van der Waals surface area contributed by atoms with Crippen molar-refractivity contribution in [1.82, 2.24) is 9.88 Å². The topological polar surface area (TPSA) is 73.7 Å². The molecule has 0 aliphatic carbocycles. The first kappa shape index (κ1) is 21.5. The van der Waals surface area contributed by atoms with Crippen molar-refractivity contribution in [3.8, 4) is 0 Å². The minimum Gasteiger partial charge on any atom is -0.465 e. The van der Waals surface area contributed by atoms with E-state index < -0.39 is 23.3 Å². The van der Waals surface area contributed by atoms with Gasteiger partial charge in [0.25, 0.3) is 0 Å². The number of aryl methyl sites for hydroxylation is 1. The molecule has 1 amide bonds. The molecule has 146 valence electrons. The molecular weight excluding hydrogens is 387 g/mol.